The van der Waals surface area contributed by atoms with Crippen molar-refractivity contribution in [1.82, 2.24) is 5.32 Å². The van der Waals surface area contributed by atoms with Crippen molar-refractivity contribution in [3.63, 3.8) is 0 Å². The highest BCUT2D eigenvalue weighted by Crippen LogP contribution is 2.34. The molecule has 0 bridgehead atoms. The molecule has 0 aromatic heterocycles. The van der Waals surface area contributed by atoms with Gasteiger partial charge in [-0.05, 0) is 26.0 Å². The van der Waals surface area contributed by atoms with Gasteiger partial charge in [-0.1, -0.05) is 35.5 Å². The van der Waals surface area contributed by atoms with Gasteiger partial charge in [0.05, 0.1) is 16.6 Å². The number of thioether (sulfide) groups is 1. The van der Waals surface area contributed by atoms with E-state index in [1.165, 1.54) is 16.7 Å². The second-order valence-electron chi connectivity index (χ2n) is 4.55. The van der Waals surface area contributed by atoms with Gasteiger partial charge in [0.2, 0.25) is 5.44 Å². The van der Waals surface area contributed by atoms with Crippen molar-refractivity contribution in [2.75, 3.05) is 10.8 Å². The van der Waals surface area contributed by atoms with Crippen molar-refractivity contribution in [2.45, 2.75) is 25.3 Å². The number of hydrogen-bond donors (Lipinski definition) is 1. The predicted octanol–water partition coefficient (Wildman–Crippen LogP) is 2.84. The lowest BCUT2D eigenvalue weighted by Crippen LogP contribution is -2.37. The van der Waals surface area contributed by atoms with Crippen molar-refractivity contribution in [1.29, 1.82) is 0 Å². The van der Waals surface area contributed by atoms with Gasteiger partial charge in [0.1, 0.15) is 0 Å². The van der Waals surface area contributed by atoms with E-state index in [2.05, 4.69) is 5.32 Å². The summed E-state index contributed by atoms with van der Waals surface area (Å²) in [5, 5.41) is 3.08. The smallest absolute Gasteiger partial charge is 0.408 e. The lowest BCUT2D eigenvalue weighted by atomic mass is 10.3. The Balaban J connectivity index is 2.03. The van der Waals surface area contributed by atoms with Crippen LogP contribution in [0.3, 0.4) is 0 Å². The van der Waals surface area contributed by atoms with Crippen LogP contribution in [0, 0.1) is 0 Å². The summed E-state index contributed by atoms with van der Waals surface area (Å²) in [5.41, 5.74) is -0.202. The molecule has 1 saturated heterocycles. The van der Waals surface area contributed by atoms with Gasteiger partial charge in [0.25, 0.3) is 5.91 Å². The van der Waals surface area contributed by atoms with Crippen LogP contribution in [0.1, 0.15) is 13.8 Å². The summed E-state index contributed by atoms with van der Waals surface area (Å²) < 4.78 is 5.10. The molecule has 2 rings (SSSR count). The molecule has 1 N–H and O–H groups in total. The Hall–Kier alpha value is -1.40. The topological polar surface area (TPSA) is 58.6 Å². The number of ether oxygens (including phenoxy) is 1. The zero-order valence-electron chi connectivity index (χ0n) is 11.1. The van der Waals surface area contributed by atoms with Gasteiger partial charge in [0, 0.05) is 6.04 Å². The first-order valence-electron chi connectivity index (χ1n) is 6.13. The summed E-state index contributed by atoms with van der Waals surface area (Å²) in [5.74, 6) is 0.129. The van der Waals surface area contributed by atoms with Gasteiger partial charge in [0.15, 0.2) is 0 Å². The Bertz CT molecular complexity index is 524. The maximum Gasteiger partial charge on any atom is 0.408 e. The van der Waals surface area contributed by atoms with E-state index in [0.29, 0.717) is 16.6 Å². The molecule has 5 nitrogen and oxygen atoms in total. The van der Waals surface area contributed by atoms with Crippen LogP contribution in [-0.4, -0.2) is 29.4 Å². The lowest BCUT2D eigenvalue weighted by Gasteiger charge is -2.17. The molecule has 0 saturated carbocycles. The molecule has 1 aliphatic rings. The van der Waals surface area contributed by atoms with Crippen molar-refractivity contribution in [2.24, 2.45) is 0 Å². The van der Waals surface area contributed by atoms with Crippen LogP contribution in [0.5, 0.6) is 0 Å². The number of hydrogen-bond acceptors (Lipinski definition) is 4. The maximum atomic E-state index is 12.2. The molecule has 20 heavy (non-hydrogen) atoms. The molecule has 108 valence electrons. The number of carbonyl (C=O) groups excluding carboxylic acids is 2. The van der Waals surface area contributed by atoms with Crippen LogP contribution in [0.4, 0.5) is 10.5 Å². The molecule has 1 unspecified atom stereocenters. The number of nitrogens with one attached hydrogen (secondary N) is 1. The number of benzene rings is 1. The van der Waals surface area contributed by atoms with Crippen LogP contribution in [-0.2, 0) is 9.53 Å². The summed E-state index contributed by atoms with van der Waals surface area (Å²) in [6, 6.07) is 7.04. The fraction of sp³-hybridized carbons (Fsp3) is 0.385. The average Bonchev–Trinajstić information content (AvgIpc) is 2.71. The Labute approximate surface area is 126 Å². The molecule has 1 aromatic rings. The highest BCUT2D eigenvalue weighted by atomic mass is 35.5. The number of carbonyl (C=O) groups is 2. The zero-order valence-corrected chi connectivity index (χ0v) is 12.7. The van der Waals surface area contributed by atoms with E-state index in [0.717, 1.165) is 0 Å². The third-order valence-electron chi connectivity index (χ3n) is 2.59. The second-order valence-corrected chi connectivity index (χ2v) is 5.98. The zero-order chi connectivity index (χ0) is 14.7. The molecule has 1 aromatic carbocycles. The van der Waals surface area contributed by atoms with Gasteiger partial charge < -0.3 is 10.1 Å². The largest absolute Gasteiger partial charge is 0.425 e. The highest BCUT2D eigenvalue weighted by Gasteiger charge is 2.37. The van der Waals surface area contributed by atoms with Gasteiger partial charge >= 0.3 is 6.09 Å². The Kier molecular flexibility index (Phi) is 4.77. The van der Waals surface area contributed by atoms with E-state index in [-0.39, 0.29) is 11.9 Å². The third kappa shape index (κ3) is 3.37. The number of halogens is 1. The van der Waals surface area contributed by atoms with E-state index >= 15 is 0 Å². The molecule has 0 spiro atoms. The van der Waals surface area contributed by atoms with E-state index in [4.69, 9.17) is 16.3 Å². The van der Waals surface area contributed by atoms with Gasteiger partial charge in [-0.25, -0.2) is 4.79 Å². The minimum Gasteiger partial charge on any atom is -0.425 e. The molecule has 0 aliphatic carbocycles. The number of para-hydroxylation sites is 1. The number of anilines is 1. The first kappa shape index (κ1) is 15.0. The molecule has 0 radical (unpaired) electrons. The third-order valence-corrected chi connectivity index (χ3v) is 3.91. The van der Waals surface area contributed by atoms with Crippen LogP contribution in [0.15, 0.2) is 24.3 Å². The first-order chi connectivity index (χ1) is 9.49. The van der Waals surface area contributed by atoms with Gasteiger partial charge in [-0.2, -0.15) is 0 Å². The fourth-order valence-corrected chi connectivity index (χ4v) is 2.93. The molecular formula is C13H15ClN2O3S. The van der Waals surface area contributed by atoms with E-state index < -0.39 is 11.5 Å². The summed E-state index contributed by atoms with van der Waals surface area (Å²) in [6.07, 6.45) is -0.591. The molecule has 7 heteroatoms. The fourth-order valence-electron chi connectivity index (χ4n) is 1.71. The minimum atomic E-state index is -0.829. The van der Waals surface area contributed by atoms with Crippen molar-refractivity contribution < 1.29 is 14.3 Å². The average molecular weight is 315 g/mol. The van der Waals surface area contributed by atoms with Crippen LogP contribution < -0.4 is 10.2 Å². The monoisotopic (exact) mass is 314 g/mol. The Morgan fingerprint density at radius 3 is 2.85 bits per heavy atom. The number of nitrogens with zero attached hydrogens (tertiary/aromatic N) is 1. The molecular weight excluding hydrogens is 300 g/mol. The Morgan fingerprint density at radius 1 is 1.50 bits per heavy atom. The number of amides is 2. The minimum absolute atomic E-state index is 0.0383. The van der Waals surface area contributed by atoms with Crippen LogP contribution in [0.25, 0.3) is 0 Å². The molecule has 2 amide bonds. The summed E-state index contributed by atoms with van der Waals surface area (Å²) in [7, 11) is 0. The van der Waals surface area contributed by atoms with Crippen LogP contribution >= 0.6 is 23.4 Å². The van der Waals surface area contributed by atoms with Crippen molar-refractivity contribution in [3.05, 3.63) is 29.3 Å². The standard InChI is InChI=1S/C13H15ClN2O3S/c1-8(2)15-13(18)19-12-11(17)16(7-20-12)10-6-4-3-5-9(10)14/h3-6,8,12H,7H2,1-2H3,(H,15,18). The van der Waals surface area contributed by atoms with Gasteiger partial charge in [-0.15, -0.1) is 0 Å². The van der Waals surface area contributed by atoms with E-state index in [1.54, 1.807) is 24.3 Å². The van der Waals surface area contributed by atoms with E-state index in [1.807, 2.05) is 13.8 Å². The molecule has 1 heterocycles. The molecule has 1 fully saturated rings. The second kappa shape index (κ2) is 6.37. The Morgan fingerprint density at radius 2 is 2.20 bits per heavy atom. The SMILES string of the molecule is CC(C)NC(=O)OC1SCN(c2ccccc2Cl)C1=O. The molecule has 1 atom stereocenters. The van der Waals surface area contributed by atoms with E-state index in [9.17, 15) is 9.59 Å². The number of rotatable bonds is 3. The van der Waals surface area contributed by atoms with Crippen molar-refractivity contribution >= 4 is 41.1 Å². The van der Waals surface area contributed by atoms with Crippen molar-refractivity contribution in [3.8, 4) is 0 Å². The quantitative estimate of drug-likeness (QED) is 0.932. The summed E-state index contributed by atoms with van der Waals surface area (Å²) in [4.78, 5) is 25.3. The molecule has 1 aliphatic heterocycles. The van der Waals surface area contributed by atoms with Crippen LogP contribution in [0.2, 0.25) is 5.02 Å². The number of alkyl carbamates (subject to hydrolysis) is 1. The maximum absolute atomic E-state index is 12.2. The van der Waals surface area contributed by atoms with Gasteiger partial charge in [-0.3, -0.25) is 9.69 Å². The first-order valence-corrected chi connectivity index (χ1v) is 7.56. The normalized spacial score (nSPS) is 18.5. The highest BCUT2D eigenvalue weighted by molar-refractivity contribution is 8.01. The lowest BCUT2D eigenvalue weighted by molar-refractivity contribution is -0.122. The summed E-state index contributed by atoms with van der Waals surface area (Å²) >= 11 is 7.32. The summed E-state index contributed by atoms with van der Waals surface area (Å²) in [6.45, 7) is 3.64. The predicted molar refractivity (Wildman–Crippen MR) is 79.9 cm³/mol.